The largest absolute Gasteiger partial charge is 0.490 e. The predicted octanol–water partition coefficient (Wildman–Crippen LogP) is 1.61. The summed E-state index contributed by atoms with van der Waals surface area (Å²) >= 11 is 0. The smallest absolute Gasteiger partial charge is 0.251 e. The Hall–Kier alpha value is -1.59. The summed E-state index contributed by atoms with van der Waals surface area (Å²) in [7, 11) is 0. The Morgan fingerprint density at radius 1 is 1.09 bits per heavy atom. The number of nitrogens with one attached hydrogen (secondary N) is 3. The number of carbonyl (C=O) groups is 1. The van der Waals surface area contributed by atoms with E-state index in [4.69, 9.17) is 4.74 Å². The molecule has 1 amide bonds. The van der Waals surface area contributed by atoms with Crippen molar-refractivity contribution in [3.05, 3.63) is 29.3 Å². The SMILES string of the molecule is Cc1cc(C(=O)NC2CCNCC2)ccc1OC1CCNCC1. The lowest BCUT2D eigenvalue weighted by Crippen LogP contribution is -2.42. The van der Waals surface area contributed by atoms with Gasteiger partial charge in [-0.2, -0.15) is 0 Å². The first-order valence-electron chi connectivity index (χ1n) is 8.72. The van der Waals surface area contributed by atoms with Crippen LogP contribution in [0.3, 0.4) is 0 Å². The molecule has 2 heterocycles. The van der Waals surface area contributed by atoms with Crippen LogP contribution in [0.1, 0.15) is 41.6 Å². The number of amides is 1. The van der Waals surface area contributed by atoms with E-state index in [-0.39, 0.29) is 18.1 Å². The van der Waals surface area contributed by atoms with Crippen LogP contribution in [0.5, 0.6) is 5.75 Å². The Labute approximate surface area is 138 Å². The van der Waals surface area contributed by atoms with Crippen molar-refractivity contribution in [3.63, 3.8) is 0 Å². The van der Waals surface area contributed by atoms with Gasteiger partial charge in [0, 0.05) is 11.6 Å². The van der Waals surface area contributed by atoms with Crippen molar-refractivity contribution in [1.29, 1.82) is 0 Å². The van der Waals surface area contributed by atoms with E-state index in [1.807, 2.05) is 25.1 Å². The fraction of sp³-hybridized carbons (Fsp3) is 0.611. The third kappa shape index (κ3) is 4.45. The van der Waals surface area contributed by atoms with Crippen LogP contribution in [0.2, 0.25) is 0 Å². The highest BCUT2D eigenvalue weighted by atomic mass is 16.5. The number of benzene rings is 1. The van der Waals surface area contributed by atoms with Gasteiger partial charge >= 0.3 is 0 Å². The summed E-state index contributed by atoms with van der Waals surface area (Å²) in [4.78, 5) is 12.4. The first-order chi connectivity index (χ1) is 11.2. The molecular weight excluding hydrogens is 290 g/mol. The first kappa shape index (κ1) is 16.3. The summed E-state index contributed by atoms with van der Waals surface area (Å²) in [5, 5.41) is 9.79. The third-order valence-electron chi connectivity index (χ3n) is 4.69. The van der Waals surface area contributed by atoms with Gasteiger partial charge < -0.3 is 20.7 Å². The van der Waals surface area contributed by atoms with Crippen LogP contribution in [0.25, 0.3) is 0 Å². The zero-order valence-corrected chi connectivity index (χ0v) is 13.9. The Bertz CT molecular complexity index is 535. The van der Waals surface area contributed by atoms with Gasteiger partial charge in [0.25, 0.3) is 5.91 Å². The molecule has 3 N–H and O–H groups in total. The lowest BCUT2D eigenvalue weighted by atomic mass is 10.0. The van der Waals surface area contributed by atoms with Crippen LogP contribution in [0, 0.1) is 6.92 Å². The van der Waals surface area contributed by atoms with Gasteiger partial charge in [0.15, 0.2) is 0 Å². The highest BCUT2D eigenvalue weighted by Crippen LogP contribution is 2.23. The van der Waals surface area contributed by atoms with Crippen LogP contribution in [-0.4, -0.2) is 44.2 Å². The molecule has 0 atom stereocenters. The molecule has 2 aliphatic heterocycles. The molecule has 23 heavy (non-hydrogen) atoms. The topological polar surface area (TPSA) is 62.4 Å². The Kier molecular flexibility index (Phi) is 5.51. The van der Waals surface area contributed by atoms with Crippen LogP contribution >= 0.6 is 0 Å². The van der Waals surface area contributed by atoms with Gasteiger partial charge in [-0.1, -0.05) is 0 Å². The van der Waals surface area contributed by atoms with Crippen molar-refractivity contribution in [2.45, 2.75) is 44.8 Å². The third-order valence-corrected chi connectivity index (χ3v) is 4.69. The van der Waals surface area contributed by atoms with E-state index < -0.39 is 0 Å². The van der Waals surface area contributed by atoms with E-state index >= 15 is 0 Å². The van der Waals surface area contributed by atoms with Crippen LogP contribution in [-0.2, 0) is 0 Å². The highest BCUT2D eigenvalue weighted by Gasteiger charge is 2.18. The summed E-state index contributed by atoms with van der Waals surface area (Å²) in [6, 6.07) is 6.04. The maximum absolute atomic E-state index is 12.4. The monoisotopic (exact) mass is 317 g/mol. The fourth-order valence-corrected chi connectivity index (χ4v) is 3.25. The zero-order valence-electron chi connectivity index (χ0n) is 13.9. The summed E-state index contributed by atoms with van der Waals surface area (Å²) in [6.45, 7) is 6.00. The molecule has 0 radical (unpaired) electrons. The molecule has 0 saturated carbocycles. The average molecular weight is 317 g/mol. The standard InChI is InChI=1S/C18H27N3O2/c1-13-12-14(18(22)21-15-4-8-19-9-5-15)2-3-17(13)23-16-6-10-20-11-7-16/h2-3,12,15-16,19-20H,4-11H2,1H3,(H,21,22). The van der Waals surface area contributed by atoms with Crippen molar-refractivity contribution in [2.75, 3.05) is 26.2 Å². The van der Waals surface area contributed by atoms with Crippen molar-refractivity contribution in [2.24, 2.45) is 0 Å². The number of ether oxygens (including phenoxy) is 1. The quantitative estimate of drug-likeness (QED) is 0.789. The Morgan fingerprint density at radius 3 is 2.39 bits per heavy atom. The van der Waals surface area contributed by atoms with E-state index in [2.05, 4.69) is 16.0 Å². The van der Waals surface area contributed by atoms with Crippen molar-refractivity contribution in [1.82, 2.24) is 16.0 Å². The van der Waals surface area contributed by atoms with Crippen LogP contribution in [0.4, 0.5) is 0 Å². The number of hydrogen-bond acceptors (Lipinski definition) is 4. The van der Waals surface area contributed by atoms with Gasteiger partial charge in [0.2, 0.25) is 0 Å². The molecule has 0 unspecified atom stereocenters. The molecule has 5 heteroatoms. The maximum atomic E-state index is 12.4. The number of piperidine rings is 2. The summed E-state index contributed by atoms with van der Waals surface area (Å²) < 4.78 is 6.09. The minimum Gasteiger partial charge on any atom is -0.490 e. The molecule has 2 fully saturated rings. The van der Waals surface area contributed by atoms with Crippen LogP contribution in [0.15, 0.2) is 18.2 Å². The molecule has 0 spiro atoms. The van der Waals surface area contributed by atoms with Gasteiger partial charge in [0.1, 0.15) is 11.9 Å². The highest BCUT2D eigenvalue weighted by molar-refractivity contribution is 5.94. The van der Waals surface area contributed by atoms with E-state index in [1.54, 1.807) is 0 Å². The molecule has 0 aliphatic carbocycles. The van der Waals surface area contributed by atoms with Gasteiger partial charge in [-0.25, -0.2) is 0 Å². The Balaban J connectivity index is 1.60. The van der Waals surface area contributed by atoms with E-state index in [0.717, 1.165) is 68.7 Å². The van der Waals surface area contributed by atoms with Gasteiger partial charge in [-0.15, -0.1) is 0 Å². The van der Waals surface area contributed by atoms with Crippen molar-refractivity contribution in [3.8, 4) is 5.75 Å². The number of rotatable bonds is 4. The molecule has 126 valence electrons. The second-order valence-electron chi connectivity index (χ2n) is 6.55. The molecule has 3 rings (SSSR count). The van der Waals surface area contributed by atoms with Crippen molar-refractivity contribution < 1.29 is 9.53 Å². The lowest BCUT2D eigenvalue weighted by molar-refractivity contribution is 0.0929. The number of aryl methyl sites for hydroxylation is 1. The first-order valence-corrected chi connectivity index (χ1v) is 8.72. The zero-order chi connectivity index (χ0) is 16.1. The molecule has 5 nitrogen and oxygen atoms in total. The Morgan fingerprint density at radius 2 is 1.74 bits per heavy atom. The molecule has 0 aromatic heterocycles. The molecule has 1 aromatic rings. The van der Waals surface area contributed by atoms with Crippen LogP contribution < -0.4 is 20.7 Å². The molecule has 2 aliphatic rings. The molecular formula is C18H27N3O2. The van der Waals surface area contributed by atoms with Crippen molar-refractivity contribution >= 4 is 5.91 Å². The minimum atomic E-state index is 0.0217. The lowest BCUT2D eigenvalue weighted by Gasteiger charge is -2.25. The summed E-state index contributed by atoms with van der Waals surface area (Å²) in [6.07, 6.45) is 4.36. The minimum absolute atomic E-state index is 0.0217. The molecule has 2 saturated heterocycles. The second kappa shape index (κ2) is 7.79. The summed E-state index contributed by atoms with van der Waals surface area (Å²) in [5.74, 6) is 0.920. The molecule has 1 aromatic carbocycles. The summed E-state index contributed by atoms with van der Waals surface area (Å²) in [5.41, 5.74) is 1.75. The molecule has 0 bridgehead atoms. The number of hydrogen-bond donors (Lipinski definition) is 3. The van der Waals surface area contributed by atoms with E-state index in [1.165, 1.54) is 0 Å². The van der Waals surface area contributed by atoms with Gasteiger partial charge in [-0.05, 0) is 82.5 Å². The van der Waals surface area contributed by atoms with E-state index in [0.29, 0.717) is 0 Å². The normalized spacial score (nSPS) is 20.2. The maximum Gasteiger partial charge on any atom is 0.251 e. The average Bonchev–Trinajstić information content (AvgIpc) is 2.58. The van der Waals surface area contributed by atoms with E-state index in [9.17, 15) is 4.79 Å². The number of carbonyl (C=O) groups excluding carboxylic acids is 1. The fourth-order valence-electron chi connectivity index (χ4n) is 3.25. The predicted molar refractivity (Wildman–Crippen MR) is 91.1 cm³/mol. The van der Waals surface area contributed by atoms with Gasteiger partial charge in [-0.3, -0.25) is 4.79 Å². The van der Waals surface area contributed by atoms with Gasteiger partial charge in [0.05, 0.1) is 0 Å². The second-order valence-corrected chi connectivity index (χ2v) is 6.55.